The molecule has 2 heterocycles. The number of nitrogens with zero attached hydrogens (tertiary/aromatic N) is 2. The number of benzene rings is 7. The van der Waals surface area contributed by atoms with E-state index >= 15 is 0 Å². The van der Waals surface area contributed by atoms with E-state index in [1.165, 1.54) is 53.9 Å². The first-order valence-electron chi connectivity index (χ1n) is 16.3. The van der Waals surface area contributed by atoms with Crippen LogP contribution in [0.25, 0.3) is 55.8 Å². The molecule has 0 amide bonds. The van der Waals surface area contributed by atoms with Gasteiger partial charge in [0.2, 0.25) is 0 Å². The molecular formula is C45H28N2S. The van der Waals surface area contributed by atoms with Crippen LogP contribution < -0.4 is 0 Å². The van der Waals surface area contributed by atoms with E-state index in [4.69, 9.17) is 9.97 Å². The molecule has 0 unspecified atom stereocenters. The first-order valence-corrected chi connectivity index (χ1v) is 17.1. The van der Waals surface area contributed by atoms with Crippen LogP contribution in [0.5, 0.6) is 0 Å². The molecule has 0 fully saturated rings. The summed E-state index contributed by atoms with van der Waals surface area (Å²) in [6.07, 6.45) is 0. The van der Waals surface area contributed by atoms with Gasteiger partial charge in [-0.2, -0.15) is 0 Å². The summed E-state index contributed by atoms with van der Waals surface area (Å²) >= 11 is 1.89. The van der Waals surface area contributed by atoms with Crippen LogP contribution in [-0.2, 0) is 5.41 Å². The molecule has 10 rings (SSSR count). The summed E-state index contributed by atoms with van der Waals surface area (Å²) in [5.74, 6) is 0.724. The fraction of sp³-hybridized carbons (Fsp3) is 0.0222. The van der Waals surface area contributed by atoms with Crippen LogP contribution >= 0.6 is 11.8 Å². The van der Waals surface area contributed by atoms with Gasteiger partial charge >= 0.3 is 0 Å². The van der Waals surface area contributed by atoms with Crippen molar-refractivity contribution in [1.82, 2.24) is 9.97 Å². The van der Waals surface area contributed by atoms with Crippen molar-refractivity contribution < 1.29 is 0 Å². The Hall–Kier alpha value is -5.77. The van der Waals surface area contributed by atoms with Crippen LogP contribution in [0.2, 0.25) is 0 Å². The molecule has 3 heteroatoms. The van der Waals surface area contributed by atoms with E-state index in [1.54, 1.807) is 0 Å². The highest BCUT2D eigenvalue weighted by molar-refractivity contribution is 7.99. The fourth-order valence-corrected chi connectivity index (χ4v) is 9.16. The van der Waals surface area contributed by atoms with Gasteiger partial charge in [-0.3, -0.25) is 0 Å². The van der Waals surface area contributed by atoms with E-state index in [-0.39, 0.29) is 0 Å². The molecule has 2 aliphatic rings. The zero-order chi connectivity index (χ0) is 31.7. The Morgan fingerprint density at radius 3 is 1.67 bits per heavy atom. The lowest BCUT2D eigenvalue weighted by Crippen LogP contribution is -2.32. The Bertz CT molecular complexity index is 2440. The summed E-state index contributed by atoms with van der Waals surface area (Å²) < 4.78 is 0. The normalized spacial score (nSPS) is 13.5. The number of rotatable bonds is 3. The molecule has 224 valence electrons. The minimum absolute atomic E-state index is 0.484. The van der Waals surface area contributed by atoms with Crippen LogP contribution in [0.4, 0.5) is 0 Å². The maximum absolute atomic E-state index is 5.22. The average molecular weight is 629 g/mol. The van der Waals surface area contributed by atoms with Crippen LogP contribution in [0, 0.1) is 0 Å². The zero-order valence-corrected chi connectivity index (χ0v) is 26.8. The van der Waals surface area contributed by atoms with Crippen LogP contribution in [-0.4, -0.2) is 9.97 Å². The second-order valence-electron chi connectivity index (χ2n) is 12.5. The minimum atomic E-state index is -0.484. The summed E-state index contributed by atoms with van der Waals surface area (Å²) in [6, 6.07) is 61.2. The molecule has 1 aromatic heterocycles. The number of aromatic nitrogens is 2. The third-order valence-electron chi connectivity index (χ3n) is 9.95. The topological polar surface area (TPSA) is 25.8 Å². The quantitative estimate of drug-likeness (QED) is 0.195. The molecule has 7 aromatic carbocycles. The van der Waals surface area contributed by atoms with Gasteiger partial charge in [-0.1, -0.05) is 163 Å². The summed E-state index contributed by atoms with van der Waals surface area (Å²) in [7, 11) is 0. The zero-order valence-electron chi connectivity index (χ0n) is 26.0. The standard InChI is InChI=1S/C45H28N2S/c1-3-14-30(15-4-1)40-28-41(31-16-5-2-6-17-31)47-44(46-40)32-24-26-42-39(27-32)45(38-25-23-29-13-7-8-18-33(29)43(38)48-42)36-21-11-9-19-34(36)35-20-10-12-22-37(35)45/h1-28H. The average Bonchev–Trinajstić information content (AvgIpc) is 3.46. The predicted molar refractivity (Wildman–Crippen MR) is 197 cm³/mol. The van der Waals surface area contributed by atoms with Crippen molar-refractivity contribution >= 4 is 22.5 Å². The van der Waals surface area contributed by atoms with E-state index < -0.39 is 5.41 Å². The highest BCUT2D eigenvalue weighted by Gasteiger charge is 2.50. The van der Waals surface area contributed by atoms with E-state index in [2.05, 4.69) is 158 Å². The summed E-state index contributed by atoms with van der Waals surface area (Å²) in [5, 5.41) is 2.56. The maximum atomic E-state index is 5.22. The van der Waals surface area contributed by atoms with E-state index in [1.807, 2.05) is 23.9 Å². The lowest BCUT2D eigenvalue weighted by molar-refractivity contribution is 0.726. The Morgan fingerprint density at radius 1 is 0.417 bits per heavy atom. The van der Waals surface area contributed by atoms with Gasteiger partial charge in [0.15, 0.2) is 5.82 Å². The monoisotopic (exact) mass is 628 g/mol. The third kappa shape index (κ3) is 3.95. The lowest BCUT2D eigenvalue weighted by atomic mass is 9.67. The molecule has 0 N–H and O–H groups in total. The van der Waals surface area contributed by atoms with Gasteiger partial charge in [0.1, 0.15) is 0 Å². The molecule has 8 aromatic rings. The van der Waals surface area contributed by atoms with Gasteiger partial charge in [0.05, 0.1) is 16.8 Å². The fourth-order valence-electron chi connectivity index (χ4n) is 7.86. The molecule has 0 saturated heterocycles. The van der Waals surface area contributed by atoms with Gasteiger partial charge in [-0.15, -0.1) is 0 Å². The molecule has 1 spiro atoms. The number of fused-ring (bicyclic) bond motifs is 11. The molecule has 0 radical (unpaired) electrons. The Balaban J connectivity index is 1.27. The molecule has 0 saturated carbocycles. The van der Waals surface area contributed by atoms with E-state index in [9.17, 15) is 0 Å². The van der Waals surface area contributed by atoms with Crippen molar-refractivity contribution in [2.45, 2.75) is 15.2 Å². The number of hydrogen-bond acceptors (Lipinski definition) is 3. The second kappa shape index (κ2) is 10.6. The van der Waals surface area contributed by atoms with Crippen molar-refractivity contribution in [1.29, 1.82) is 0 Å². The summed E-state index contributed by atoms with van der Waals surface area (Å²) in [6.45, 7) is 0. The Kier molecular flexibility index (Phi) is 6.06. The van der Waals surface area contributed by atoms with Crippen LogP contribution in [0.15, 0.2) is 180 Å². The van der Waals surface area contributed by atoms with Crippen molar-refractivity contribution in [2.75, 3.05) is 0 Å². The molecule has 1 aliphatic carbocycles. The van der Waals surface area contributed by atoms with Gasteiger partial charge in [0, 0.05) is 26.5 Å². The highest BCUT2D eigenvalue weighted by Crippen LogP contribution is 2.63. The first kappa shape index (κ1) is 27.4. The van der Waals surface area contributed by atoms with Gasteiger partial charge in [-0.05, 0) is 62.4 Å². The molecule has 0 atom stereocenters. The Morgan fingerprint density at radius 2 is 1.00 bits per heavy atom. The van der Waals surface area contributed by atoms with Crippen LogP contribution in [0.3, 0.4) is 0 Å². The predicted octanol–water partition coefficient (Wildman–Crippen LogP) is 11.5. The second-order valence-corrected chi connectivity index (χ2v) is 13.6. The highest BCUT2D eigenvalue weighted by atomic mass is 32.2. The van der Waals surface area contributed by atoms with Crippen LogP contribution in [0.1, 0.15) is 22.3 Å². The summed E-state index contributed by atoms with van der Waals surface area (Å²) in [4.78, 5) is 13.0. The SMILES string of the molecule is c1ccc(-c2cc(-c3ccccc3)nc(-c3ccc4c(c3)C3(c5ccccc5-c5ccccc53)c3ccc5ccccc5c3S4)n2)cc1. The van der Waals surface area contributed by atoms with E-state index in [0.717, 1.165) is 33.9 Å². The van der Waals surface area contributed by atoms with Crippen molar-refractivity contribution in [2.24, 2.45) is 0 Å². The van der Waals surface area contributed by atoms with Gasteiger partial charge in [-0.25, -0.2) is 9.97 Å². The molecule has 48 heavy (non-hydrogen) atoms. The Labute approximate surface area is 283 Å². The minimum Gasteiger partial charge on any atom is -0.228 e. The van der Waals surface area contributed by atoms with Crippen molar-refractivity contribution in [3.63, 3.8) is 0 Å². The number of hydrogen-bond donors (Lipinski definition) is 0. The lowest BCUT2D eigenvalue weighted by Gasteiger charge is -2.40. The smallest absolute Gasteiger partial charge is 0.160 e. The molecule has 2 nitrogen and oxygen atoms in total. The first-order chi connectivity index (χ1) is 23.8. The van der Waals surface area contributed by atoms with Crippen molar-refractivity contribution in [3.8, 4) is 45.0 Å². The third-order valence-corrected chi connectivity index (χ3v) is 11.2. The molecular weight excluding hydrogens is 601 g/mol. The molecule has 0 bridgehead atoms. The maximum Gasteiger partial charge on any atom is 0.160 e. The van der Waals surface area contributed by atoms with Gasteiger partial charge < -0.3 is 0 Å². The largest absolute Gasteiger partial charge is 0.228 e. The van der Waals surface area contributed by atoms with Gasteiger partial charge in [0.25, 0.3) is 0 Å². The van der Waals surface area contributed by atoms with E-state index in [0.29, 0.717) is 0 Å². The van der Waals surface area contributed by atoms with Crippen molar-refractivity contribution in [3.05, 3.63) is 192 Å². The molecule has 1 aliphatic heterocycles. The summed E-state index contributed by atoms with van der Waals surface area (Å²) in [5.41, 5.74) is 12.3.